The fourth-order valence-corrected chi connectivity index (χ4v) is 3.99. The minimum absolute atomic E-state index is 0.0709. The standard InChI is InChI=1S/C26H38O2/c1-15-11-19(23(27)21(13-15)25(5,6)7)17(3)18(4)20-12-16(2)14-22(24(20)28)26(8,9)10/h11-14,17-18,27-28H,1-10H3. The minimum atomic E-state index is -0.126. The van der Waals surface area contributed by atoms with E-state index in [1.165, 1.54) is 0 Å². The van der Waals surface area contributed by atoms with Crippen molar-refractivity contribution in [1.29, 1.82) is 0 Å². The van der Waals surface area contributed by atoms with E-state index in [0.29, 0.717) is 11.5 Å². The summed E-state index contributed by atoms with van der Waals surface area (Å²) >= 11 is 0. The molecule has 0 aromatic heterocycles. The molecule has 2 nitrogen and oxygen atoms in total. The number of hydrogen-bond donors (Lipinski definition) is 2. The Labute approximate surface area is 171 Å². The minimum Gasteiger partial charge on any atom is -0.507 e. The summed E-state index contributed by atoms with van der Waals surface area (Å²) < 4.78 is 0. The van der Waals surface area contributed by atoms with E-state index in [4.69, 9.17) is 0 Å². The summed E-state index contributed by atoms with van der Waals surface area (Å²) in [6, 6.07) is 8.34. The summed E-state index contributed by atoms with van der Waals surface area (Å²) in [7, 11) is 0. The number of rotatable bonds is 3. The van der Waals surface area contributed by atoms with Crippen LogP contribution in [0.3, 0.4) is 0 Å². The van der Waals surface area contributed by atoms with Crippen molar-refractivity contribution < 1.29 is 10.2 Å². The molecule has 2 rings (SSSR count). The first-order valence-electron chi connectivity index (χ1n) is 10.3. The Hall–Kier alpha value is -1.96. The van der Waals surface area contributed by atoms with Gasteiger partial charge in [-0.25, -0.2) is 0 Å². The van der Waals surface area contributed by atoms with Crippen LogP contribution in [-0.4, -0.2) is 10.2 Å². The number of benzene rings is 2. The van der Waals surface area contributed by atoms with Crippen molar-refractivity contribution in [2.24, 2.45) is 0 Å². The molecule has 2 atom stereocenters. The highest BCUT2D eigenvalue weighted by Crippen LogP contribution is 2.45. The molecule has 0 fully saturated rings. The third-order valence-electron chi connectivity index (χ3n) is 5.91. The number of phenolic OH excluding ortho intramolecular Hbond substituents is 2. The molecule has 0 aliphatic carbocycles. The van der Waals surface area contributed by atoms with Gasteiger partial charge in [0, 0.05) is 0 Å². The molecule has 2 N–H and O–H groups in total. The topological polar surface area (TPSA) is 40.5 Å². The highest BCUT2D eigenvalue weighted by Gasteiger charge is 2.29. The Morgan fingerprint density at radius 3 is 1.14 bits per heavy atom. The van der Waals surface area contributed by atoms with Gasteiger partial charge in [-0.2, -0.15) is 0 Å². The summed E-state index contributed by atoms with van der Waals surface area (Å²) in [4.78, 5) is 0. The second-order valence-corrected chi connectivity index (χ2v) is 10.6. The molecule has 0 radical (unpaired) electrons. The molecule has 0 aliphatic heterocycles. The Balaban J connectivity index is 2.60. The first-order chi connectivity index (χ1) is 12.6. The van der Waals surface area contributed by atoms with Gasteiger partial charge >= 0.3 is 0 Å². The summed E-state index contributed by atoms with van der Waals surface area (Å²) in [6.07, 6.45) is 0. The summed E-state index contributed by atoms with van der Waals surface area (Å²) in [5.74, 6) is 0.921. The maximum atomic E-state index is 11.1. The molecule has 28 heavy (non-hydrogen) atoms. The van der Waals surface area contributed by atoms with E-state index in [0.717, 1.165) is 33.4 Å². The Morgan fingerprint density at radius 2 is 0.893 bits per heavy atom. The van der Waals surface area contributed by atoms with Gasteiger partial charge in [0.05, 0.1) is 0 Å². The lowest BCUT2D eigenvalue weighted by Gasteiger charge is -2.29. The van der Waals surface area contributed by atoms with Crippen molar-refractivity contribution in [3.8, 4) is 11.5 Å². The van der Waals surface area contributed by atoms with Crippen molar-refractivity contribution in [3.05, 3.63) is 57.6 Å². The number of aromatic hydroxyl groups is 2. The second-order valence-electron chi connectivity index (χ2n) is 10.6. The Morgan fingerprint density at radius 1 is 0.607 bits per heavy atom. The van der Waals surface area contributed by atoms with Gasteiger partial charge in [-0.15, -0.1) is 0 Å². The van der Waals surface area contributed by atoms with Crippen molar-refractivity contribution in [2.75, 3.05) is 0 Å². The van der Waals surface area contributed by atoms with Crippen molar-refractivity contribution in [2.45, 2.75) is 91.9 Å². The zero-order valence-corrected chi connectivity index (χ0v) is 19.4. The lowest BCUT2D eigenvalue weighted by molar-refractivity contribution is 0.419. The van der Waals surface area contributed by atoms with Gasteiger partial charge in [-0.05, 0) is 58.8 Å². The number of hydrogen-bond acceptors (Lipinski definition) is 2. The predicted molar refractivity (Wildman–Crippen MR) is 120 cm³/mol. The van der Waals surface area contributed by atoms with Crippen LogP contribution in [0.4, 0.5) is 0 Å². The third-order valence-corrected chi connectivity index (χ3v) is 5.91. The predicted octanol–water partition coefficient (Wildman–Crippen LogP) is 7.22. The zero-order valence-electron chi connectivity index (χ0n) is 19.4. The Kier molecular flexibility index (Phi) is 5.95. The van der Waals surface area contributed by atoms with E-state index in [9.17, 15) is 10.2 Å². The first kappa shape index (κ1) is 22.3. The van der Waals surface area contributed by atoms with E-state index < -0.39 is 0 Å². The molecule has 0 aliphatic rings. The highest BCUT2D eigenvalue weighted by molar-refractivity contribution is 5.52. The van der Waals surface area contributed by atoms with Crippen LogP contribution in [0.25, 0.3) is 0 Å². The second kappa shape index (κ2) is 7.46. The fraction of sp³-hybridized carbons (Fsp3) is 0.538. The van der Waals surface area contributed by atoms with Crippen LogP contribution in [0, 0.1) is 13.8 Å². The van der Waals surface area contributed by atoms with Crippen molar-refractivity contribution in [3.63, 3.8) is 0 Å². The average molecular weight is 383 g/mol. The van der Waals surface area contributed by atoms with Crippen LogP contribution < -0.4 is 0 Å². The molecule has 2 aromatic carbocycles. The van der Waals surface area contributed by atoms with Gasteiger partial charge in [0.15, 0.2) is 0 Å². The molecular formula is C26H38O2. The zero-order chi connectivity index (χ0) is 21.6. The lowest BCUT2D eigenvalue weighted by Crippen LogP contribution is -2.16. The smallest absolute Gasteiger partial charge is 0.122 e. The average Bonchev–Trinajstić information content (AvgIpc) is 2.55. The molecule has 0 bridgehead atoms. The van der Waals surface area contributed by atoms with Crippen LogP contribution in [0.15, 0.2) is 24.3 Å². The number of phenols is 2. The van der Waals surface area contributed by atoms with E-state index >= 15 is 0 Å². The van der Waals surface area contributed by atoms with Gasteiger partial charge in [-0.3, -0.25) is 0 Å². The van der Waals surface area contributed by atoms with E-state index in [1.807, 2.05) is 0 Å². The lowest BCUT2D eigenvalue weighted by atomic mass is 9.76. The third kappa shape index (κ3) is 4.37. The van der Waals surface area contributed by atoms with E-state index in [2.05, 4.69) is 93.5 Å². The molecule has 0 heterocycles. The molecule has 0 saturated carbocycles. The van der Waals surface area contributed by atoms with Gasteiger partial charge in [0.25, 0.3) is 0 Å². The SMILES string of the molecule is Cc1cc(C(C)C(C)c2cc(C)cc(C(C)(C)C)c2O)c(O)c(C(C)(C)C)c1. The molecule has 0 amide bonds. The summed E-state index contributed by atoms with van der Waals surface area (Å²) in [5.41, 5.74) is 5.92. The van der Waals surface area contributed by atoms with Crippen LogP contribution in [0.5, 0.6) is 11.5 Å². The van der Waals surface area contributed by atoms with Crippen molar-refractivity contribution in [1.82, 2.24) is 0 Å². The summed E-state index contributed by atoms with van der Waals surface area (Å²) in [5, 5.41) is 22.1. The monoisotopic (exact) mass is 382 g/mol. The molecular weight excluding hydrogens is 344 g/mol. The largest absolute Gasteiger partial charge is 0.507 e. The van der Waals surface area contributed by atoms with Gasteiger partial charge in [-0.1, -0.05) is 90.8 Å². The Bertz CT molecular complexity index is 790. The fourth-order valence-electron chi connectivity index (χ4n) is 3.99. The maximum absolute atomic E-state index is 11.1. The molecule has 154 valence electrons. The number of aryl methyl sites for hydroxylation is 2. The highest BCUT2D eigenvalue weighted by atomic mass is 16.3. The van der Waals surface area contributed by atoms with Crippen LogP contribution in [0.1, 0.15) is 101 Å². The van der Waals surface area contributed by atoms with E-state index in [-0.39, 0.29) is 22.7 Å². The van der Waals surface area contributed by atoms with Crippen LogP contribution in [0.2, 0.25) is 0 Å². The van der Waals surface area contributed by atoms with Gasteiger partial charge in [0.2, 0.25) is 0 Å². The molecule has 0 saturated heterocycles. The summed E-state index contributed by atoms with van der Waals surface area (Å²) in [6.45, 7) is 21.2. The maximum Gasteiger partial charge on any atom is 0.122 e. The van der Waals surface area contributed by atoms with Gasteiger partial charge < -0.3 is 10.2 Å². The van der Waals surface area contributed by atoms with Crippen LogP contribution >= 0.6 is 0 Å². The molecule has 0 spiro atoms. The van der Waals surface area contributed by atoms with Gasteiger partial charge in [0.1, 0.15) is 11.5 Å². The normalized spacial score (nSPS) is 14.8. The molecule has 2 aromatic rings. The van der Waals surface area contributed by atoms with E-state index in [1.54, 1.807) is 0 Å². The van der Waals surface area contributed by atoms with Crippen LogP contribution in [-0.2, 0) is 10.8 Å². The molecule has 2 unspecified atom stereocenters. The quantitative estimate of drug-likeness (QED) is 0.588. The van der Waals surface area contributed by atoms with Crippen molar-refractivity contribution >= 4 is 0 Å². The molecule has 2 heteroatoms. The first-order valence-corrected chi connectivity index (χ1v) is 10.3.